The van der Waals surface area contributed by atoms with E-state index in [-0.39, 0.29) is 23.6 Å². The summed E-state index contributed by atoms with van der Waals surface area (Å²) in [4.78, 5) is 38.1. The molecular weight excluding hydrogens is 356 g/mol. The van der Waals surface area contributed by atoms with Crippen molar-refractivity contribution in [2.24, 2.45) is 5.92 Å². The zero-order valence-electron chi connectivity index (χ0n) is 15.4. The Balaban J connectivity index is 1.46. The van der Waals surface area contributed by atoms with Gasteiger partial charge in [0.1, 0.15) is 6.23 Å². The van der Waals surface area contributed by atoms with E-state index >= 15 is 0 Å². The van der Waals surface area contributed by atoms with Gasteiger partial charge in [-0.3, -0.25) is 19.3 Å². The number of aliphatic hydroxyl groups excluding tert-OH is 1. The molecule has 2 aliphatic rings. The largest absolute Gasteiger partial charge is 0.373 e. The number of rotatable bonds is 4. The number of benzene rings is 2. The van der Waals surface area contributed by atoms with Crippen molar-refractivity contribution in [3.05, 3.63) is 71.8 Å². The first-order chi connectivity index (χ1) is 13.4. The second-order valence-corrected chi connectivity index (χ2v) is 7.21. The molecule has 142 valence electrons. The van der Waals surface area contributed by atoms with Gasteiger partial charge in [0.25, 0.3) is 11.8 Å². The third kappa shape index (κ3) is 3.23. The lowest BCUT2D eigenvalue weighted by molar-refractivity contribution is -0.120. The predicted octanol–water partition coefficient (Wildman–Crippen LogP) is 2.40. The SMILES string of the molecule is CC1CC(=O)N(c2ccc(Cc3ccc(N4C(=O)C=CC4=O)cc3)cc2)C1O. The number of hydrogen-bond acceptors (Lipinski definition) is 4. The van der Waals surface area contributed by atoms with Crippen molar-refractivity contribution < 1.29 is 19.5 Å². The lowest BCUT2D eigenvalue weighted by atomic mass is 10.0. The summed E-state index contributed by atoms with van der Waals surface area (Å²) < 4.78 is 0. The number of nitrogens with zero attached hydrogens (tertiary/aromatic N) is 2. The van der Waals surface area contributed by atoms with Crippen molar-refractivity contribution >= 4 is 29.1 Å². The standard InChI is InChI=1S/C22H20N2O4/c1-14-12-21(27)24(22(14)28)18-8-4-16(5-9-18)13-15-2-6-17(7-3-15)23-19(25)10-11-20(23)26/h2-11,14,22,28H,12-13H2,1H3. The van der Waals surface area contributed by atoms with Crippen LogP contribution in [0.4, 0.5) is 11.4 Å². The van der Waals surface area contributed by atoms with Crippen molar-refractivity contribution in [3.8, 4) is 0 Å². The molecule has 2 aromatic carbocycles. The zero-order valence-corrected chi connectivity index (χ0v) is 15.4. The lowest BCUT2D eigenvalue weighted by Crippen LogP contribution is -2.34. The van der Waals surface area contributed by atoms with Crippen molar-refractivity contribution in [1.82, 2.24) is 0 Å². The first-order valence-corrected chi connectivity index (χ1v) is 9.18. The lowest BCUT2D eigenvalue weighted by Gasteiger charge is -2.22. The number of imide groups is 1. The molecule has 4 rings (SSSR count). The third-order valence-corrected chi connectivity index (χ3v) is 5.17. The van der Waals surface area contributed by atoms with Crippen molar-refractivity contribution in [2.75, 3.05) is 9.80 Å². The minimum Gasteiger partial charge on any atom is -0.373 e. The van der Waals surface area contributed by atoms with Gasteiger partial charge in [-0.15, -0.1) is 0 Å². The van der Waals surface area contributed by atoms with E-state index in [2.05, 4.69) is 0 Å². The van der Waals surface area contributed by atoms with Crippen LogP contribution in [0.15, 0.2) is 60.7 Å². The molecule has 2 unspecified atom stereocenters. The highest BCUT2D eigenvalue weighted by molar-refractivity contribution is 6.28. The summed E-state index contributed by atoms with van der Waals surface area (Å²) in [5, 5.41) is 10.2. The highest BCUT2D eigenvalue weighted by Gasteiger charge is 2.36. The smallest absolute Gasteiger partial charge is 0.258 e. The van der Waals surface area contributed by atoms with E-state index in [9.17, 15) is 19.5 Å². The van der Waals surface area contributed by atoms with Crippen LogP contribution in [0.5, 0.6) is 0 Å². The van der Waals surface area contributed by atoms with Crippen LogP contribution in [-0.4, -0.2) is 29.1 Å². The average molecular weight is 376 g/mol. The molecule has 2 heterocycles. The van der Waals surface area contributed by atoms with Crippen LogP contribution in [0.1, 0.15) is 24.5 Å². The van der Waals surface area contributed by atoms with Crippen molar-refractivity contribution in [2.45, 2.75) is 26.0 Å². The van der Waals surface area contributed by atoms with Gasteiger partial charge in [-0.1, -0.05) is 31.2 Å². The quantitative estimate of drug-likeness (QED) is 0.832. The number of carbonyl (C=O) groups excluding carboxylic acids is 3. The van der Waals surface area contributed by atoms with Crippen LogP contribution < -0.4 is 9.80 Å². The van der Waals surface area contributed by atoms with Gasteiger partial charge in [0, 0.05) is 30.2 Å². The van der Waals surface area contributed by atoms with Gasteiger partial charge >= 0.3 is 0 Å². The maximum Gasteiger partial charge on any atom is 0.258 e. The van der Waals surface area contributed by atoms with E-state index in [0.717, 1.165) is 16.0 Å². The Morgan fingerprint density at radius 2 is 1.36 bits per heavy atom. The zero-order chi connectivity index (χ0) is 19.8. The van der Waals surface area contributed by atoms with Crippen LogP contribution in [0.3, 0.4) is 0 Å². The summed E-state index contributed by atoms with van der Waals surface area (Å²) in [6.07, 6.45) is 2.78. The van der Waals surface area contributed by atoms with E-state index in [1.165, 1.54) is 17.1 Å². The summed E-state index contributed by atoms with van der Waals surface area (Å²) in [6, 6.07) is 14.8. The molecule has 6 nitrogen and oxygen atoms in total. The molecule has 0 aromatic heterocycles. The molecule has 1 fully saturated rings. The molecule has 0 spiro atoms. The summed E-state index contributed by atoms with van der Waals surface area (Å²) in [7, 11) is 0. The van der Waals surface area contributed by atoms with Crippen LogP contribution in [0.2, 0.25) is 0 Å². The maximum atomic E-state index is 12.1. The molecule has 1 N–H and O–H groups in total. The first kappa shape index (κ1) is 18.1. The van der Waals surface area contributed by atoms with E-state index in [0.29, 0.717) is 24.2 Å². The van der Waals surface area contributed by atoms with Crippen LogP contribution in [-0.2, 0) is 20.8 Å². The minimum atomic E-state index is -0.781. The number of hydrogen-bond donors (Lipinski definition) is 1. The summed E-state index contributed by atoms with van der Waals surface area (Å²) in [5.41, 5.74) is 3.34. The fourth-order valence-corrected chi connectivity index (χ4v) is 3.61. The summed E-state index contributed by atoms with van der Waals surface area (Å²) >= 11 is 0. The van der Waals surface area contributed by atoms with Gasteiger partial charge in [-0.25, -0.2) is 4.90 Å². The average Bonchev–Trinajstić information content (AvgIpc) is 3.14. The van der Waals surface area contributed by atoms with E-state index < -0.39 is 6.23 Å². The highest BCUT2D eigenvalue weighted by Crippen LogP contribution is 2.30. The van der Waals surface area contributed by atoms with Crippen LogP contribution >= 0.6 is 0 Å². The van der Waals surface area contributed by atoms with Gasteiger partial charge in [-0.2, -0.15) is 0 Å². The maximum absolute atomic E-state index is 12.1. The Kier molecular flexibility index (Phi) is 4.57. The Hall–Kier alpha value is -3.25. The number of anilines is 2. The third-order valence-electron chi connectivity index (χ3n) is 5.17. The Bertz CT molecular complexity index is 945. The molecule has 2 aliphatic heterocycles. The molecule has 2 aromatic rings. The Labute approximate surface area is 162 Å². The molecule has 3 amide bonds. The predicted molar refractivity (Wildman–Crippen MR) is 105 cm³/mol. The molecule has 0 saturated carbocycles. The van der Waals surface area contributed by atoms with Crippen LogP contribution in [0.25, 0.3) is 0 Å². The Morgan fingerprint density at radius 1 is 0.857 bits per heavy atom. The fourth-order valence-electron chi connectivity index (χ4n) is 3.61. The van der Waals surface area contributed by atoms with E-state index in [1.54, 1.807) is 12.1 Å². The van der Waals surface area contributed by atoms with Crippen molar-refractivity contribution in [1.29, 1.82) is 0 Å². The molecule has 1 saturated heterocycles. The normalized spacial score (nSPS) is 21.9. The minimum absolute atomic E-state index is 0.0659. The van der Waals surface area contributed by atoms with Gasteiger partial charge in [-0.05, 0) is 41.8 Å². The van der Waals surface area contributed by atoms with Gasteiger partial charge in [0.2, 0.25) is 5.91 Å². The molecule has 6 heteroatoms. The second kappa shape index (κ2) is 7.05. The topological polar surface area (TPSA) is 77.9 Å². The van der Waals surface area contributed by atoms with Crippen LogP contribution in [0, 0.1) is 5.92 Å². The molecule has 0 aliphatic carbocycles. The first-order valence-electron chi connectivity index (χ1n) is 9.18. The fraction of sp³-hybridized carbons (Fsp3) is 0.227. The number of aliphatic hydroxyl groups is 1. The van der Waals surface area contributed by atoms with E-state index in [4.69, 9.17) is 0 Å². The van der Waals surface area contributed by atoms with Gasteiger partial charge < -0.3 is 5.11 Å². The van der Waals surface area contributed by atoms with Crippen molar-refractivity contribution in [3.63, 3.8) is 0 Å². The molecule has 2 atom stereocenters. The highest BCUT2D eigenvalue weighted by atomic mass is 16.3. The monoisotopic (exact) mass is 376 g/mol. The number of carbonyl (C=O) groups is 3. The van der Waals surface area contributed by atoms with Gasteiger partial charge in [0.05, 0.1) is 5.69 Å². The second-order valence-electron chi connectivity index (χ2n) is 7.21. The number of amides is 3. The molecule has 0 radical (unpaired) electrons. The molecular formula is C22H20N2O4. The molecule has 0 bridgehead atoms. The van der Waals surface area contributed by atoms with E-state index in [1.807, 2.05) is 43.3 Å². The van der Waals surface area contributed by atoms with Gasteiger partial charge in [0.15, 0.2) is 0 Å². The molecule has 28 heavy (non-hydrogen) atoms. The summed E-state index contributed by atoms with van der Waals surface area (Å²) in [5.74, 6) is -0.804. The summed E-state index contributed by atoms with van der Waals surface area (Å²) in [6.45, 7) is 1.86. The Morgan fingerprint density at radius 3 is 1.82 bits per heavy atom.